The van der Waals surface area contributed by atoms with Gasteiger partial charge in [-0.25, -0.2) is 0 Å². The molecule has 0 fully saturated rings. The van der Waals surface area contributed by atoms with Crippen LogP contribution in [0, 0.1) is 0 Å². The fourth-order valence-electron chi connectivity index (χ4n) is 10.2. The predicted molar refractivity (Wildman–Crippen MR) is 294 cm³/mol. The van der Waals surface area contributed by atoms with E-state index in [0.29, 0.717) is 0 Å². The van der Waals surface area contributed by atoms with E-state index in [0.717, 1.165) is 28.2 Å². The summed E-state index contributed by atoms with van der Waals surface area (Å²) in [6.45, 7) is 0. The molecule has 0 aliphatic rings. The molecule has 12 aromatic carbocycles. The first kappa shape index (κ1) is 41.4. The lowest BCUT2D eigenvalue weighted by molar-refractivity contribution is 1.28. The number of nitrogens with zero attached hydrogens (tertiary/aromatic N) is 1. The Bertz CT molecular complexity index is 3720. The van der Waals surface area contributed by atoms with Crippen LogP contribution in [0.2, 0.25) is 0 Å². The van der Waals surface area contributed by atoms with Gasteiger partial charge in [0.25, 0.3) is 0 Å². The van der Waals surface area contributed by atoms with Crippen molar-refractivity contribution in [2.45, 2.75) is 0 Å². The molecule has 0 amide bonds. The van der Waals surface area contributed by atoms with E-state index in [1.165, 1.54) is 88.3 Å². The maximum Gasteiger partial charge on any atom is 0.0540 e. The van der Waals surface area contributed by atoms with Crippen molar-refractivity contribution < 1.29 is 0 Å². The zero-order valence-corrected chi connectivity index (χ0v) is 38.1. The second kappa shape index (κ2) is 18.3. The molecule has 0 atom stereocenters. The molecule has 0 heterocycles. The van der Waals surface area contributed by atoms with Crippen molar-refractivity contribution in [2.24, 2.45) is 0 Å². The third-order valence-electron chi connectivity index (χ3n) is 13.5. The van der Waals surface area contributed by atoms with Crippen LogP contribution in [-0.4, -0.2) is 0 Å². The van der Waals surface area contributed by atoms with Gasteiger partial charge in [0.2, 0.25) is 0 Å². The zero-order valence-electron chi connectivity index (χ0n) is 38.1. The number of rotatable bonds is 10. The van der Waals surface area contributed by atoms with Crippen molar-refractivity contribution in [3.05, 3.63) is 285 Å². The number of benzene rings is 12. The Balaban J connectivity index is 1.06. The molecule has 0 aliphatic heterocycles. The second-order valence-electron chi connectivity index (χ2n) is 17.6. The maximum absolute atomic E-state index is 2.44. The van der Waals surface area contributed by atoms with E-state index in [1.54, 1.807) is 0 Å². The van der Waals surface area contributed by atoms with Gasteiger partial charge in [-0.05, 0) is 130 Å². The average Bonchev–Trinajstić information content (AvgIpc) is 3.44. The van der Waals surface area contributed by atoms with Crippen LogP contribution in [0.3, 0.4) is 0 Å². The van der Waals surface area contributed by atoms with Gasteiger partial charge in [-0.2, -0.15) is 0 Å². The van der Waals surface area contributed by atoms with Crippen molar-refractivity contribution >= 4 is 38.6 Å². The highest BCUT2D eigenvalue weighted by atomic mass is 15.1. The smallest absolute Gasteiger partial charge is 0.0540 e. The second-order valence-corrected chi connectivity index (χ2v) is 17.6. The molecular weight excluding hydrogens is 831 g/mol. The van der Waals surface area contributed by atoms with Crippen LogP contribution in [0.1, 0.15) is 0 Å². The van der Waals surface area contributed by atoms with Gasteiger partial charge in [-0.1, -0.05) is 249 Å². The number of fused-ring (bicyclic) bond motifs is 3. The van der Waals surface area contributed by atoms with E-state index < -0.39 is 0 Å². The molecule has 0 aliphatic carbocycles. The summed E-state index contributed by atoms with van der Waals surface area (Å²) in [5.74, 6) is 0. The average molecular weight is 878 g/mol. The molecule has 12 rings (SSSR count). The SMILES string of the molecule is c1ccc(-c2ccc(-c3ccc(N(c4ccc(-c5ccccc5)c(-c5ccccc5)c4)c4ccccc4-c4ccc5c(c4)c(-c4ccccc4)c(-c4ccccc4)c4ccccc45)cc3)cc2)cc1. The highest BCUT2D eigenvalue weighted by molar-refractivity contribution is 6.22. The zero-order chi connectivity index (χ0) is 45.9. The Morgan fingerprint density at radius 2 is 0.580 bits per heavy atom. The van der Waals surface area contributed by atoms with E-state index in [4.69, 9.17) is 0 Å². The fourth-order valence-corrected chi connectivity index (χ4v) is 10.2. The Morgan fingerprint density at radius 1 is 0.188 bits per heavy atom. The summed E-state index contributed by atoms with van der Waals surface area (Å²) in [6.07, 6.45) is 0. The van der Waals surface area contributed by atoms with Crippen LogP contribution < -0.4 is 4.90 Å². The van der Waals surface area contributed by atoms with Gasteiger partial charge in [0, 0.05) is 16.9 Å². The van der Waals surface area contributed by atoms with E-state index in [9.17, 15) is 0 Å². The van der Waals surface area contributed by atoms with Crippen molar-refractivity contribution in [3.63, 3.8) is 0 Å². The summed E-state index contributed by atoms with van der Waals surface area (Å²) in [5, 5.41) is 4.95. The van der Waals surface area contributed by atoms with E-state index >= 15 is 0 Å². The van der Waals surface area contributed by atoms with Crippen molar-refractivity contribution in [1.82, 2.24) is 0 Å². The van der Waals surface area contributed by atoms with Crippen LogP contribution in [0.4, 0.5) is 17.1 Å². The van der Waals surface area contributed by atoms with Gasteiger partial charge >= 0.3 is 0 Å². The summed E-state index contributed by atoms with van der Waals surface area (Å²) >= 11 is 0. The van der Waals surface area contributed by atoms with Crippen molar-refractivity contribution in [1.29, 1.82) is 0 Å². The molecule has 0 saturated heterocycles. The third-order valence-corrected chi connectivity index (χ3v) is 13.5. The van der Waals surface area contributed by atoms with Crippen molar-refractivity contribution in [2.75, 3.05) is 4.90 Å². The molecule has 0 bridgehead atoms. The minimum absolute atomic E-state index is 1.07. The predicted octanol–water partition coefficient (Wildman–Crippen LogP) is 19.1. The summed E-state index contributed by atoms with van der Waals surface area (Å²) in [4.78, 5) is 2.44. The monoisotopic (exact) mass is 877 g/mol. The molecule has 0 unspecified atom stereocenters. The summed E-state index contributed by atoms with van der Waals surface area (Å²) in [7, 11) is 0. The lowest BCUT2D eigenvalue weighted by Gasteiger charge is -2.29. The Morgan fingerprint density at radius 3 is 1.16 bits per heavy atom. The van der Waals surface area contributed by atoms with Crippen molar-refractivity contribution in [3.8, 4) is 77.9 Å². The normalized spacial score (nSPS) is 11.2. The van der Waals surface area contributed by atoms with Gasteiger partial charge < -0.3 is 4.90 Å². The molecule has 1 heteroatoms. The number of anilines is 3. The van der Waals surface area contributed by atoms with E-state index in [-0.39, 0.29) is 0 Å². The molecular formula is C68H47N. The standard InChI is InChI=1S/C68H47N/c1-6-20-48(21-7-1)49-34-36-50(37-35-49)51-38-41-57(42-39-51)69(58-43-45-59(52-22-8-2-9-23-52)64(47-58)53-24-10-3-11-25-53)66-33-19-18-30-60(66)56-40-44-62-61-31-16-17-32-63(61)67(54-26-12-4-13-27-54)68(65(62)46-56)55-28-14-5-15-29-55/h1-47H. The van der Waals surface area contributed by atoms with Gasteiger partial charge in [-0.3, -0.25) is 0 Å². The molecule has 0 N–H and O–H groups in total. The third kappa shape index (κ3) is 7.97. The molecule has 324 valence electrons. The molecule has 12 aromatic rings. The molecule has 0 spiro atoms. The van der Waals surface area contributed by atoms with Crippen LogP contribution in [0.5, 0.6) is 0 Å². The van der Waals surface area contributed by atoms with Gasteiger partial charge in [0.1, 0.15) is 0 Å². The topological polar surface area (TPSA) is 3.24 Å². The maximum atomic E-state index is 2.44. The van der Waals surface area contributed by atoms with E-state index in [1.807, 2.05) is 0 Å². The van der Waals surface area contributed by atoms with Crippen LogP contribution in [0.25, 0.3) is 99.4 Å². The minimum atomic E-state index is 1.07. The number of para-hydroxylation sites is 1. The number of hydrogen-bond acceptors (Lipinski definition) is 1. The van der Waals surface area contributed by atoms with E-state index in [2.05, 4.69) is 290 Å². The lowest BCUT2D eigenvalue weighted by atomic mass is 9.84. The first-order valence-corrected chi connectivity index (χ1v) is 23.7. The van der Waals surface area contributed by atoms with Crippen LogP contribution in [0.15, 0.2) is 285 Å². The summed E-state index contributed by atoms with van der Waals surface area (Å²) in [6, 6.07) is 104. The van der Waals surface area contributed by atoms with Gasteiger partial charge in [0.05, 0.1) is 5.69 Å². The largest absolute Gasteiger partial charge is 0.310 e. The van der Waals surface area contributed by atoms with Crippen LogP contribution >= 0.6 is 0 Å². The van der Waals surface area contributed by atoms with Crippen LogP contribution in [-0.2, 0) is 0 Å². The van der Waals surface area contributed by atoms with Gasteiger partial charge in [-0.15, -0.1) is 0 Å². The quantitative estimate of drug-likeness (QED) is 0.124. The molecule has 0 radical (unpaired) electrons. The Labute approximate surface area is 404 Å². The first-order chi connectivity index (χ1) is 34.2. The highest BCUT2D eigenvalue weighted by Crippen LogP contribution is 2.48. The van der Waals surface area contributed by atoms with Gasteiger partial charge in [0.15, 0.2) is 0 Å². The minimum Gasteiger partial charge on any atom is -0.310 e. The molecule has 69 heavy (non-hydrogen) atoms. The Hall–Kier alpha value is -9.04. The molecule has 1 nitrogen and oxygen atoms in total. The fraction of sp³-hybridized carbons (Fsp3) is 0. The number of hydrogen-bond donors (Lipinski definition) is 0. The summed E-state index contributed by atoms with van der Waals surface area (Å²) in [5.41, 5.74) is 19.9. The summed E-state index contributed by atoms with van der Waals surface area (Å²) < 4.78 is 0. The first-order valence-electron chi connectivity index (χ1n) is 23.7. The lowest BCUT2D eigenvalue weighted by Crippen LogP contribution is -2.11. The molecule has 0 aromatic heterocycles. The highest BCUT2D eigenvalue weighted by Gasteiger charge is 2.22. The molecule has 0 saturated carbocycles. The Kier molecular flexibility index (Phi) is 11.0.